The molecule has 0 fully saturated rings. The van der Waals surface area contributed by atoms with Gasteiger partial charge in [-0.3, -0.25) is 0 Å². The molecular formula is C18H20FN7. The Kier molecular flexibility index (Phi) is 4.47. The molecule has 7 nitrogen and oxygen atoms in total. The number of nitrogens with one attached hydrogen (secondary N) is 1. The number of rotatable bonds is 5. The quantitative estimate of drug-likeness (QED) is 0.759. The summed E-state index contributed by atoms with van der Waals surface area (Å²) in [7, 11) is 0. The maximum atomic E-state index is 13.9. The molecule has 3 heterocycles. The van der Waals surface area contributed by atoms with Crippen molar-refractivity contribution in [2.75, 3.05) is 23.3 Å². The second-order valence-electron chi connectivity index (χ2n) is 6.13. The van der Waals surface area contributed by atoms with Crippen molar-refractivity contribution < 1.29 is 4.39 Å². The minimum atomic E-state index is -0.211. The first-order valence-electron chi connectivity index (χ1n) is 8.70. The molecule has 3 aromatic rings. The Labute approximate surface area is 150 Å². The third-order valence-electron chi connectivity index (χ3n) is 4.46. The van der Waals surface area contributed by atoms with Crippen LogP contribution >= 0.6 is 0 Å². The van der Waals surface area contributed by atoms with Gasteiger partial charge in [0.05, 0.1) is 6.54 Å². The Balaban J connectivity index is 1.56. The van der Waals surface area contributed by atoms with E-state index in [2.05, 4.69) is 34.9 Å². The summed E-state index contributed by atoms with van der Waals surface area (Å²) < 4.78 is 16.0. The van der Waals surface area contributed by atoms with Crippen LogP contribution in [0.2, 0.25) is 0 Å². The van der Waals surface area contributed by atoms with E-state index in [-0.39, 0.29) is 5.82 Å². The number of nitrogens with zero attached hydrogens (tertiary/aromatic N) is 6. The Morgan fingerprint density at radius 2 is 1.96 bits per heavy atom. The van der Waals surface area contributed by atoms with E-state index in [1.165, 1.54) is 6.07 Å². The van der Waals surface area contributed by atoms with E-state index < -0.39 is 0 Å². The fraction of sp³-hybridized carbons (Fsp3) is 0.333. The Bertz CT molecular complexity index is 908. The van der Waals surface area contributed by atoms with Crippen LogP contribution < -0.4 is 10.2 Å². The predicted octanol–water partition coefficient (Wildman–Crippen LogP) is 2.25. The summed E-state index contributed by atoms with van der Waals surface area (Å²) in [4.78, 5) is 11.0. The zero-order valence-corrected chi connectivity index (χ0v) is 14.6. The van der Waals surface area contributed by atoms with E-state index in [4.69, 9.17) is 0 Å². The molecule has 4 rings (SSSR count). The molecule has 0 bridgehead atoms. The van der Waals surface area contributed by atoms with Crippen molar-refractivity contribution in [1.29, 1.82) is 0 Å². The molecule has 0 saturated heterocycles. The zero-order valence-electron chi connectivity index (χ0n) is 14.6. The standard InChI is InChI=1S/C18H20FN7/c1-2-20-17-18(22-8-7-21-17)25-9-10-26-15(23-24-16(26)12-25)11-13-5-3-4-6-14(13)19/h3-8H,2,9-12H2,1H3,(H,20,21). The maximum Gasteiger partial charge on any atom is 0.172 e. The first-order chi connectivity index (χ1) is 12.8. The molecule has 0 atom stereocenters. The molecule has 1 N–H and O–H groups in total. The fourth-order valence-corrected chi connectivity index (χ4v) is 3.20. The van der Waals surface area contributed by atoms with Gasteiger partial charge >= 0.3 is 0 Å². The monoisotopic (exact) mass is 353 g/mol. The Morgan fingerprint density at radius 1 is 1.12 bits per heavy atom. The second kappa shape index (κ2) is 7.07. The Hall–Kier alpha value is -3.03. The summed E-state index contributed by atoms with van der Waals surface area (Å²) >= 11 is 0. The van der Waals surface area contributed by atoms with Crippen LogP contribution in [-0.2, 0) is 19.5 Å². The Morgan fingerprint density at radius 3 is 2.81 bits per heavy atom. The lowest BCUT2D eigenvalue weighted by Gasteiger charge is -2.29. The van der Waals surface area contributed by atoms with Crippen LogP contribution in [0.25, 0.3) is 0 Å². The summed E-state index contributed by atoms with van der Waals surface area (Å²) in [5.41, 5.74) is 0.633. The van der Waals surface area contributed by atoms with E-state index in [0.717, 1.165) is 42.9 Å². The second-order valence-corrected chi connectivity index (χ2v) is 6.13. The third-order valence-corrected chi connectivity index (χ3v) is 4.46. The summed E-state index contributed by atoms with van der Waals surface area (Å²) in [6.45, 7) is 4.91. The van der Waals surface area contributed by atoms with Crippen LogP contribution in [-0.4, -0.2) is 37.8 Å². The van der Waals surface area contributed by atoms with Crippen LogP contribution in [0.5, 0.6) is 0 Å². The number of hydrogen-bond donors (Lipinski definition) is 1. The van der Waals surface area contributed by atoms with Crippen molar-refractivity contribution in [3.8, 4) is 0 Å². The van der Waals surface area contributed by atoms with Gasteiger partial charge < -0.3 is 14.8 Å². The molecule has 0 spiro atoms. The average Bonchev–Trinajstić information content (AvgIpc) is 3.06. The third kappa shape index (κ3) is 3.10. The van der Waals surface area contributed by atoms with Crippen molar-refractivity contribution in [3.63, 3.8) is 0 Å². The maximum absolute atomic E-state index is 13.9. The van der Waals surface area contributed by atoms with Gasteiger partial charge in [-0.05, 0) is 18.6 Å². The van der Waals surface area contributed by atoms with Gasteiger partial charge in [-0.2, -0.15) is 0 Å². The number of benzene rings is 1. The van der Waals surface area contributed by atoms with Gasteiger partial charge in [-0.1, -0.05) is 18.2 Å². The molecule has 2 aromatic heterocycles. The minimum Gasteiger partial charge on any atom is -0.367 e. The predicted molar refractivity (Wildman–Crippen MR) is 96.5 cm³/mol. The van der Waals surface area contributed by atoms with Gasteiger partial charge in [-0.15, -0.1) is 10.2 Å². The van der Waals surface area contributed by atoms with Gasteiger partial charge in [-0.25, -0.2) is 14.4 Å². The van der Waals surface area contributed by atoms with Crippen LogP contribution in [0, 0.1) is 5.82 Å². The van der Waals surface area contributed by atoms with Crippen molar-refractivity contribution in [1.82, 2.24) is 24.7 Å². The van der Waals surface area contributed by atoms with Crippen molar-refractivity contribution in [3.05, 3.63) is 59.7 Å². The average molecular weight is 353 g/mol. The number of fused-ring (bicyclic) bond motifs is 1. The van der Waals surface area contributed by atoms with Crippen LogP contribution in [0.1, 0.15) is 24.1 Å². The van der Waals surface area contributed by atoms with E-state index in [0.29, 0.717) is 18.5 Å². The highest BCUT2D eigenvalue weighted by Crippen LogP contribution is 2.25. The van der Waals surface area contributed by atoms with Gasteiger partial charge in [0.15, 0.2) is 17.5 Å². The molecule has 0 saturated carbocycles. The summed E-state index contributed by atoms with van der Waals surface area (Å²) in [6, 6.07) is 6.79. The number of anilines is 2. The van der Waals surface area contributed by atoms with E-state index >= 15 is 0 Å². The molecule has 0 unspecified atom stereocenters. The fourth-order valence-electron chi connectivity index (χ4n) is 3.20. The van der Waals surface area contributed by atoms with E-state index in [1.54, 1.807) is 24.5 Å². The molecule has 134 valence electrons. The molecule has 1 aromatic carbocycles. The summed E-state index contributed by atoms with van der Waals surface area (Å²) in [5.74, 6) is 3.03. The highest BCUT2D eigenvalue weighted by molar-refractivity contribution is 5.60. The first-order valence-corrected chi connectivity index (χ1v) is 8.70. The van der Waals surface area contributed by atoms with Crippen LogP contribution in [0.3, 0.4) is 0 Å². The molecule has 0 aliphatic carbocycles. The van der Waals surface area contributed by atoms with Gasteiger partial charge in [0.25, 0.3) is 0 Å². The van der Waals surface area contributed by atoms with E-state index in [1.807, 2.05) is 13.0 Å². The van der Waals surface area contributed by atoms with Crippen LogP contribution in [0.4, 0.5) is 16.0 Å². The first kappa shape index (κ1) is 16.4. The lowest BCUT2D eigenvalue weighted by molar-refractivity contribution is 0.540. The largest absolute Gasteiger partial charge is 0.367 e. The topological polar surface area (TPSA) is 71.8 Å². The smallest absolute Gasteiger partial charge is 0.172 e. The van der Waals surface area contributed by atoms with E-state index in [9.17, 15) is 4.39 Å². The summed E-state index contributed by atoms with van der Waals surface area (Å²) in [6.07, 6.45) is 3.81. The van der Waals surface area contributed by atoms with Gasteiger partial charge in [0.1, 0.15) is 11.6 Å². The van der Waals surface area contributed by atoms with Gasteiger partial charge in [0, 0.05) is 38.4 Å². The normalized spacial score (nSPS) is 13.5. The SMILES string of the molecule is CCNc1nccnc1N1CCn2c(Cc3ccccc3F)nnc2C1. The molecule has 0 amide bonds. The number of halogens is 1. The van der Waals surface area contributed by atoms with Crippen molar-refractivity contribution in [2.24, 2.45) is 0 Å². The molecule has 26 heavy (non-hydrogen) atoms. The summed E-state index contributed by atoms with van der Waals surface area (Å²) in [5, 5.41) is 11.8. The highest BCUT2D eigenvalue weighted by Gasteiger charge is 2.24. The number of hydrogen-bond acceptors (Lipinski definition) is 6. The molecular weight excluding hydrogens is 333 g/mol. The molecule has 1 aliphatic heterocycles. The van der Waals surface area contributed by atoms with Crippen LogP contribution in [0.15, 0.2) is 36.7 Å². The van der Waals surface area contributed by atoms with Crippen molar-refractivity contribution in [2.45, 2.75) is 26.4 Å². The zero-order chi connectivity index (χ0) is 17.9. The minimum absolute atomic E-state index is 0.211. The van der Waals surface area contributed by atoms with Gasteiger partial charge in [0.2, 0.25) is 0 Å². The highest BCUT2D eigenvalue weighted by atomic mass is 19.1. The van der Waals surface area contributed by atoms with Crippen molar-refractivity contribution >= 4 is 11.6 Å². The lowest BCUT2D eigenvalue weighted by Crippen LogP contribution is -2.35. The number of aromatic nitrogens is 5. The molecule has 1 aliphatic rings. The molecule has 0 radical (unpaired) electrons. The lowest BCUT2D eigenvalue weighted by atomic mass is 10.1. The molecule has 8 heteroatoms.